The van der Waals surface area contributed by atoms with Crippen molar-refractivity contribution in [2.75, 3.05) is 6.54 Å². The number of halogens is 2. The van der Waals surface area contributed by atoms with Gasteiger partial charge in [-0.05, 0) is 25.8 Å². The van der Waals surface area contributed by atoms with Crippen molar-refractivity contribution in [3.63, 3.8) is 0 Å². The minimum Gasteiger partial charge on any atom is -0.389 e. The van der Waals surface area contributed by atoms with Gasteiger partial charge in [-0.3, -0.25) is 0 Å². The molecular weight excluding hydrogens is 236 g/mol. The van der Waals surface area contributed by atoms with Crippen molar-refractivity contribution in [1.82, 2.24) is 5.32 Å². The van der Waals surface area contributed by atoms with Gasteiger partial charge >= 0.3 is 0 Å². The maximum absolute atomic E-state index is 13.6. The fourth-order valence-electron chi connectivity index (χ4n) is 1.81. The van der Waals surface area contributed by atoms with E-state index in [1.807, 2.05) is 13.8 Å². The van der Waals surface area contributed by atoms with E-state index in [4.69, 9.17) is 0 Å². The number of nitrogens with one attached hydrogen (secondary N) is 1. The van der Waals surface area contributed by atoms with Crippen molar-refractivity contribution >= 4 is 0 Å². The number of benzene rings is 1. The summed E-state index contributed by atoms with van der Waals surface area (Å²) in [5, 5.41) is 13.2. The zero-order valence-electron chi connectivity index (χ0n) is 11.1. The Labute approximate surface area is 107 Å². The summed E-state index contributed by atoms with van der Waals surface area (Å²) in [5.74, 6) is -1.67. The van der Waals surface area contributed by atoms with E-state index in [9.17, 15) is 13.9 Å². The Morgan fingerprint density at radius 1 is 1.28 bits per heavy atom. The maximum atomic E-state index is 13.6. The van der Waals surface area contributed by atoms with E-state index in [0.717, 1.165) is 6.07 Å². The monoisotopic (exact) mass is 257 g/mol. The van der Waals surface area contributed by atoms with Gasteiger partial charge in [0.1, 0.15) is 0 Å². The van der Waals surface area contributed by atoms with Crippen LogP contribution in [0.3, 0.4) is 0 Å². The van der Waals surface area contributed by atoms with Gasteiger partial charge in [0.25, 0.3) is 0 Å². The number of aliphatic hydroxyl groups is 1. The third-order valence-electron chi connectivity index (χ3n) is 3.50. The molecule has 18 heavy (non-hydrogen) atoms. The van der Waals surface area contributed by atoms with E-state index < -0.39 is 17.2 Å². The molecule has 0 radical (unpaired) electrons. The van der Waals surface area contributed by atoms with Gasteiger partial charge in [0.15, 0.2) is 11.6 Å². The average Bonchev–Trinajstić information content (AvgIpc) is 2.39. The summed E-state index contributed by atoms with van der Waals surface area (Å²) < 4.78 is 26.7. The molecular formula is C14H21F2NO. The highest BCUT2D eigenvalue weighted by Gasteiger charge is 2.23. The Morgan fingerprint density at radius 3 is 2.44 bits per heavy atom. The highest BCUT2D eigenvalue weighted by atomic mass is 19.2. The SMILES string of the molecule is CCC(O)(CC)CNC(C)c1cccc(F)c1F. The summed E-state index contributed by atoms with van der Waals surface area (Å²) in [7, 11) is 0. The van der Waals surface area contributed by atoms with E-state index in [0.29, 0.717) is 19.4 Å². The topological polar surface area (TPSA) is 32.3 Å². The Kier molecular flexibility index (Phi) is 5.23. The molecule has 0 aromatic heterocycles. The minimum absolute atomic E-state index is 0.282. The first-order valence-electron chi connectivity index (χ1n) is 6.33. The Morgan fingerprint density at radius 2 is 1.89 bits per heavy atom. The van der Waals surface area contributed by atoms with Gasteiger partial charge < -0.3 is 10.4 Å². The predicted molar refractivity (Wildman–Crippen MR) is 68.3 cm³/mol. The molecule has 0 saturated heterocycles. The van der Waals surface area contributed by atoms with Crippen molar-refractivity contribution < 1.29 is 13.9 Å². The van der Waals surface area contributed by atoms with Gasteiger partial charge in [0.05, 0.1) is 5.60 Å². The van der Waals surface area contributed by atoms with Crippen LogP contribution in [0.25, 0.3) is 0 Å². The largest absolute Gasteiger partial charge is 0.389 e. The first kappa shape index (κ1) is 15.1. The molecule has 0 heterocycles. The molecule has 2 N–H and O–H groups in total. The lowest BCUT2D eigenvalue weighted by Crippen LogP contribution is -2.40. The van der Waals surface area contributed by atoms with Crippen LogP contribution < -0.4 is 5.32 Å². The van der Waals surface area contributed by atoms with Gasteiger partial charge in [-0.1, -0.05) is 26.0 Å². The lowest BCUT2D eigenvalue weighted by molar-refractivity contribution is 0.0302. The molecule has 2 nitrogen and oxygen atoms in total. The van der Waals surface area contributed by atoms with Crippen LogP contribution in [-0.2, 0) is 0 Å². The van der Waals surface area contributed by atoms with Crippen LogP contribution in [0.4, 0.5) is 8.78 Å². The smallest absolute Gasteiger partial charge is 0.163 e. The van der Waals surface area contributed by atoms with Gasteiger partial charge in [0, 0.05) is 18.2 Å². The number of hydrogen-bond donors (Lipinski definition) is 2. The van der Waals surface area contributed by atoms with Gasteiger partial charge in [-0.2, -0.15) is 0 Å². The highest BCUT2D eigenvalue weighted by Crippen LogP contribution is 2.20. The Hall–Kier alpha value is -1.00. The predicted octanol–water partition coefficient (Wildman–Crippen LogP) is 3.17. The summed E-state index contributed by atoms with van der Waals surface area (Å²) in [4.78, 5) is 0. The Bertz CT molecular complexity index is 391. The quantitative estimate of drug-likeness (QED) is 0.820. The standard InChI is InChI=1S/C14H21F2NO/c1-4-14(18,5-2)9-17-10(3)11-7-6-8-12(15)13(11)16/h6-8,10,17-18H,4-5,9H2,1-3H3. The molecule has 102 valence electrons. The molecule has 0 aliphatic heterocycles. The lowest BCUT2D eigenvalue weighted by atomic mass is 9.96. The molecule has 1 atom stereocenters. The third kappa shape index (κ3) is 3.50. The molecule has 0 bridgehead atoms. The maximum Gasteiger partial charge on any atom is 0.163 e. The Balaban J connectivity index is 2.71. The molecule has 0 fully saturated rings. The van der Waals surface area contributed by atoms with Crippen LogP contribution in [0.2, 0.25) is 0 Å². The molecule has 1 rings (SSSR count). The van der Waals surface area contributed by atoms with Crippen molar-refractivity contribution in [2.45, 2.75) is 45.3 Å². The molecule has 0 saturated carbocycles. The first-order chi connectivity index (χ1) is 8.43. The van der Waals surface area contributed by atoms with Crippen LogP contribution in [0.5, 0.6) is 0 Å². The third-order valence-corrected chi connectivity index (χ3v) is 3.50. The molecule has 0 amide bonds. The summed E-state index contributed by atoms with van der Waals surface area (Å²) in [6.45, 7) is 5.91. The van der Waals surface area contributed by atoms with E-state index in [2.05, 4.69) is 5.32 Å². The molecule has 0 aliphatic carbocycles. The molecule has 1 unspecified atom stereocenters. The van der Waals surface area contributed by atoms with Crippen LogP contribution in [0.15, 0.2) is 18.2 Å². The zero-order valence-corrected chi connectivity index (χ0v) is 11.1. The number of rotatable bonds is 6. The summed E-state index contributed by atoms with van der Waals surface area (Å²) in [6, 6.07) is 3.79. The molecule has 0 aliphatic rings. The second-order valence-corrected chi connectivity index (χ2v) is 4.68. The second-order valence-electron chi connectivity index (χ2n) is 4.68. The van der Waals surface area contributed by atoms with Crippen LogP contribution >= 0.6 is 0 Å². The minimum atomic E-state index is -0.845. The summed E-state index contributed by atoms with van der Waals surface area (Å²) in [6.07, 6.45) is 1.24. The fraction of sp³-hybridized carbons (Fsp3) is 0.571. The molecule has 1 aromatic carbocycles. The van der Waals surface area contributed by atoms with Gasteiger partial charge in [-0.15, -0.1) is 0 Å². The first-order valence-corrected chi connectivity index (χ1v) is 6.33. The normalized spacial score (nSPS) is 13.7. The van der Waals surface area contributed by atoms with Gasteiger partial charge in [0.2, 0.25) is 0 Å². The second kappa shape index (κ2) is 6.25. The zero-order chi connectivity index (χ0) is 13.8. The summed E-state index contributed by atoms with van der Waals surface area (Å²) in [5.41, 5.74) is -0.512. The molecule has 4 heteroatoms. The van der Waals surface area contributed by atoms with E-state index >= 15 is 0 Å². The van der Waals surface area contributed by atoms with Crippen molar-refractivity contribution in [3.05, 3.63) is 35.4 Å². The van der Waals surface area contributed by atoms with Crippen molar-refractivity contribution in [3.8, 4) is 0 Å². The number of hydrogen-bond acceptors (Lipinski definition) is 2. The van der Waals surface area contributed by atoms with Gasteiger partial charge in [-0.25, -0.2) is 8.78 Å². The fourth-order valence-corrected chi connectivity index (χ4v) is 1.81. The van der Waals surface area contributed by atoms with E-state index in [1.165, 1.54) is 6.07 Å². The van der Waals surface area contributed by atoms with Crippen LogP contribution in [-0.4, -0.2) is 17.3 Å². The van der Waals surface area contributed by atoms with Crippen LogP contribution in [0, 0.1) is 11.6 Å². The lowest BCUT2D eigenvalue weighted by Gasteiger charge is -2.27. The molecule has 1 aromatic rings. The highest BCUT2D eigenvalue weighted by molar-refractivity contribution is 5.22. The van der Waals surface area contributed by atoms with Crippen molar-refractivity contribution in [2.24, 2.45) is 0 Å². The molecule has 0 spiro atoms. The van der Waals surface area contributed by atoms with E-state index in [-0.39, 0.29) is 11.6 Å². The summed E-state index contributed by atoms with van der Waals surface area (Å²) >= 11 is 0. The average molecular weight is 257 g/mol. The van der Waals surface area contributed by atoms with Crippen molar-refractivity contribution in [1.29, 1.82) is 0 Å². The van der Waals surface area contributed by atoms with E-state index in [1.54, 1.807) is 13.0 Å². The van der Waals surface area contributed by atoms with Crippen LogP contribution in [0.1, 0.15) is 45.2 Å².